The van der Waals surface area contributed by atoms with E-state index in [-0.39, 0.29) is 44.7 Å². The predicted octanol–water partition coefficient (Wildman–Crippen LogP) is 5.53. The quantitative estimate of drug-likeness (QED) is 0.119. The van der Waals surface area contributed by atoms with Crippen LogP contribution in [0.15, 0.2) is 42.2 Å². The number of hydrogen-bond donors (Lipinski definition) is 5. The van der Waals surface area contributed by atoms with Crippen molar-refractivity contribution in [2.24, 2.45) is 23.7 Å². The van der Waals surface area contributed by atoms with Gasteiger partial charge < -0.3 is 49.4 Å². The van der Waals surface area contributed by atoms with E-state index in [0.717, 1.165) is 0 Å². The zero-order valence-electron chi connectivity index (χ0n) is 37.3. The normalized spacial score (nSPS) is 29.3. The number of anilines is 1. The standard InChI is InChI=1S/C45H63N3O13/c1-13-47(14-2)48(15-3)33(50)22-58-32-21-30-40(54)35-34(32)36-42(28(9)39(35)53)61-45(11,43(36)55)59-20-19-31(57-12)25(6)41(60-29(10)49)27(8)38(52)26(7)37(51)23(4)17-16-18-24(5)44(56)46-30/h16-21,23,25-27,31,37-38,41,51-54H,13-15,22H2,1-12H3,(H,46,56)/b17-16+,20-19+,24-18+. The molecule has 0 spiro atoms. The van der Waals surface area contributed by atoms with Crippen molar-refractivity contribution in [3.8, 4) is 23.0 Å². The van der Waals surface area contributed by atoms with Crippen LogP contribution >= 0.6 is 0 Å². The molecule has 61 heavy (non-hydrogen) atoms. The summed E-state index contributed by atoms with van der Waals surface area (Å²) in [5.41, 5.74) is -0.0287. The number of hydrazine groups is 1. The molecule has 2 aromatic rings. The number of ketones is 1. The van der Waals surface area contributed by atoms with Crippen molar-refractivity contribution in [1.29, 1.82) is 0 Å². The number of carbonyl (C=O) groups excluding carboxylic acids is 4. The van der Waals surface area contributed by atoms with Crippen LogP contribution in [-0.4, -0.2) is 118 Å². The number of aliphatic hydroxyl groups excluding tert-OH is 2. The Morgan fingerprint density at radius 2 is 1.57 bits per heavy atom. The van der Waals surface area contributed by atoms with E-state index in [2.05, 4.69) is 5.32 Å². The molecule has 2 amide bonds. The lowest BCUT2D eigenvalue weighted by Gasteiger charge is -2.38. The lowest BCUT2D eigenvalue weighted by molar-refractivity contribution is -0.160. The molecule has 5 bridgehead atoms. The number of rotatable bonds is 9. The van der Waals surface area contributed by atoms with Crippen LogP contribution in [0.2, 0.25) is 0 Å². The largest absolute Gasteiger partial charge is 0.507 e. The fourth-order valence-electron chi connectivity index (χ4n) is 8.06. The highest BCUT2D eigenvalue weighted by Crippen LogP contribution is 2.54. The van der Waals surface area contributed by atoms with E-state index in [1.165, 1.54) is 64.3 Å². The van der Waals surface area contributed by atoms with E-state index in [1.54, 1.807) is 39.8 Å². The number of aromatic hydroxyl groups is 2. The summed E-state index contributed by atoms with van der Waals surface area (Å²) in [6.07, 6.45) is 3.59. The minimum Gasteiger partial charge on any atom is -0.507 e. The smallest absolute Gasteiger partial charge is 0.312 e. The summed E-state index contributed by atoms with van der Waals surface area (Å²) in [5.74, 6) is -8.12. The van der Waals surface area contributed by atoms with E-state index < -0.39 is 95.5 Å². The number of benzene rings is 2. The molecule has 3 heterocycles. The van der Waals surface area contributed by atoms with Gasteiger partial charge in [-0.3, -0.25) is 24.2 Å². The van der Waals surface area contributed by atoms with Crippen molar-refractivity contribution < 1.29 is 63.3 Å². The highest BCUT2D eigenvalue weighted by molar-refractivity contribution is 6.21. The second-order valence-corrected chi connectivity index (χ2v) is 15.9. The van der Waals surface area contributed by atoms with Crippen molar-refractivity contribution in [1.82, 2.24) is 10.0 Å². The Balaban J connectivity index is 1.94. The molecule has 0 aromatic heterocycles. The molecule has 2 aromatic carbocycles. The molecular weight excluding hydrogens is 791 g/mol. The van der Waals surface area contributed by atoms with Crippen molar-refractivity contribution >= 4 is 40.0 Å². The molecule has 3 aliphatic heterocycles. The van der Waals surface area contributed by atoms with Gasteiger partial charge in [-0.05, 0) is 26.8 Å². The zero-order chi connectivity index (χ0) is 45.7. The molecule has 336 valence electrons. The maximum atomic E-state index is 14.6. The van der Waals surface area contributed by atoms with Gasteiger partial charge in [-0.2, -0.15) is 0 Å². The highest BCUT2D eigenvalue weighted by atomic mass is 16.7. The average molecular weight is 854 g/mol. The first kappa shape index (κ1) is 48.5. The third kappa shape index (κ3) is 9.98. The summed E-state index contributed by atoms with van der Waals surface area (Å²) in [4.78, 5) is 54.1. The number of methoxy groups -OCH3 is 1. The molecule has 5 N–H and O–H groups in total. The van der Waals surface area contributed by atoms with Gasteiger partial charge in [0.05, 0.1) is 41.2 Å². The first-order valence-corrected chi connectivity index (χ1v) is 20.7. The van der Waals surface area contributed by atoms with Crippen LogP contribution < -0.4 is 14.8 Å². The Morgan fingerprint density at radius 3 is 2.16 bits per heavy atom. The second kappa shape index (κ2) is 20.1. The first-order chi connectivity index (χ1) is 28.7. The summed E-state index contributed by atoms with van der Waals surface area (Å²) in [6, 6.07) is 1.27. The van der Waals surface area contributed by atoms with Crippen LogP contribution in [0.5, 0.6) is 23.0 Å². The highest BCUT2D eigenvalue weighted by Gasteiger charge is 2.50. The zero-order valence-corrected chi connectivity index (χ0v) is 37.3. The minimum absolute atomic E-state index is 0.0624. The number of ether oxygens (including phenoxy) is 5. The van der Waals surface area contributed by atoms with Gasteiger partial charge >= 0.3 is 11.8 Å². The summed E-state index contributed by atoms with van der Waals surface area (Å²) in [5, 5.41) is 52.0. The minimum atomic E-state index is -2.03. The maximum Gasteiger partial charge on any atom is 0.312 e. The van der Waals surface area contributed by atoms with Gasteiger partial charge in [-0.25, -0.2) is 5.01 Å². The molecule has 16 nitrogen and oxygen atoms in total. The van der Waals surface area contributed by atoms with E-state index in [1.807, 2.05) is 25.8 Å². The van der Waals surface area contributed by atoms with E-state index in [0.29, 0.717) is 19.6 Å². The van der Waals surface area contributed by atoms with E-state index in [4.69, 9.17) is 23.7 Å². The Bertz CT molecular complexity index is 2060. The number of amides is 2. The van der Waals surface area contributed by atoms with Crippen LogP contribution in [0.4, 0.5) is 5.69 Å². The monoisotopic (exact) mass is 853 g/mol. The SMILES string of the molecule is CCN(CC)N(CC)C(=O)COc1cc2c(O)c3c(O)c(C)c4c(c13)C(=O)C(C)(O/C=C/C(OC)C(C)C(OC(C)=O)C(C)C(O)C(C)C(O)C(C)/C=C/C=C(\C)C(=O)N2)O4. The van der Waals surface area contributed by atoms with Gasteiger partial charge in [-0.15, -0.1) is 0 Å². The third-order valence-electron chi connectivity index (χ3n) is 11.8. The summed E-state index contributed by atoms with van der Waals surface area (Å²) in [7, 11) is 1.44. The van der Waals surface area contributed by atoms with Gasteiger partial charge in [-0.1, -0.05) is 59.8 Å². The number of phenols is 2. The molecule has 0 saturated heterocycles. The first-order valence-electron chi connectivity index (χ1n) is 20.7. The fourth-order valence-corrected chi connectivity index (χ4v) is 8.06. The van der Waals surface area contributed by atoms with Crippen LogP contribution in [-0.2, 0) is 28.6 Å². The number of aliphatic hydroxyl groups is 2. The van der Waals surface area contributed by atoms with Crippen LogP contribution in [0, 0.1) is 30.6 Å². The topological polar surface area (TPSA) is 214 Å². The Labute approximate surface area is 357 Å². The van der Waals surface area contributed by atoms with Crippen molar-refractivity contribution in [2.75, 3.05) is 38.7 Å². The predicted molar refractivity (Wildman–Crippen MR) is 228 cm³/mol. The van der Waals surface area contributed by atoms with Crippen molar-refractivity contribution in [3.05, 3.63) is 53.3 Å². The number of hydrogen-bond acceptors (Lipinski definition) is 14. The molecule has 9 unspecified atom stereocenters. The molecule has 0 fully saturated rings. The van der Waals surface area contributed by atoms with Gasteiger partial charge in [0.1, 0.15) is 23.4 Å². The molecule has 0 saturated carbocycles. The number of allylic oxidation sites excluding steroid dienone is 2. The van der Waals surface area contributed by atoms with Gasteiger partial charge in [0.2, 0.25) is 0 Å². The van der Waals surface area contributed by atoms with Crippen LogP contribution in [0.3, 0.4) is 0 Å². The maximum absolute atomic E-state index is 14.6. The Hall–Kier alpha value is -5.16. The molecular formula is C45H63N3O13. The lowest BCUT2D eigenvalue weighted by atomic mass is 9.78. The molecule has 9 atom stereocenters. The van der Waals surface area contributed by atoms with Gasteiger partial charge in [0.25, 0.3) is 17.6 Å². The van der Waals surface area contributed by atoms with Gasteiger partial charge in [0.15, 0.2) is 12.4 Å². The van der Waals surface area contributed by atoms with Crippen molar-refractivity contribution in [3.63, 3.8) is 0 Å². The van der Waals surface area contributed by atoms with Crippen LogP contribution in [0.1, 0.15) is 85.2 Å². The van der Waals surface area contributed by atoms with Crippen LogP contribution in [0.25, 0.3) is 10.8 Å². The molecule has 16 heteroatoms. The number of fused-ring (bicyclic) bond motifs is 14. The molecule has 5 rings (SSSR count). The number of phenolic OH excluding ortho intramolecular Hbond substituents is 2. The average Bonchev–Trinajstić information content (AvgIpc) is 3.49. The van der Waals surface area contributed by atoms with E-state index in [9.17, 15) is 39.6 Å². The number of nitrogens with zero attached hydrogens (tertiary/aromatic N) is 2. The Morgan fingerprint density at radius 1 is 0.918 bits per heavy atom. The van der Waals surface area contributed by atoms with Gasteiger partial charge in [0, 0.05) is 86.9 Å². The third-order valence-corrected chi connectivity index (χ3v) is 11.8. The summed E-state index contributed by atoms with van der Waals surface area (Å²) < 4.78 is 29.9. The second-order valence-electron chi connectivity index (χ2n) is 15.9. The Kier molecular flexibility index (Phi) is 16.0. The number of nitrogens with one attached hydrogen (secondary N) is 1. The molecule has 0 radical (unpaired) electrons. The summed E-state index contributed by atoms with van der Waals surface area (Å²) >= 11 is 0. The summed E-state index contributed by atoms with van der Waals surface area (Å²) in [6.45, 7) is 19.1. The number of likely N-dealkylation sites (N-methyl/N-ethyl adjacent to an activating group) is 1. The fraction of sp³-hybridized carbons (Fsp3) is 0.556. The lowest BCUT2D eigenvalue weighted by Crippen LogP contribution is -2.48. The molecule has 0 aliphatic carbocycles. The van der Waals surface area contributed by atoms with Crippen molar-refractivity contribution in [2.45, 2.75) is 106 Å². The number of Topliss-reactive ketones (excluding diaryl/α,β-unsaturated/α-hetero) is 1. The number of esters is 1. The number of carbonyl (C=O) groups is 4. The molecule has 3 aliphatic rings. The van der Waals surface area contributed by atoms with E-state index >= 15 is 0 Å².